The Hall–Kier alpha value is -2.11. The van der Waals surface area contributed by atoms with Gasteiger partial charge in [-0.3, -0.25) is 19.1 Å². The standard InChI is InChI=1S/C23H30N4O2S2/c1-4-10-26-20(25-12-8-6-7-9-13-25)17(16(3)18(15-24)21(26)28)14-19-22(29)27(11-5-2)23(30)31-19/h14H,4-13H2,1-3H3. The number of hydrogen-bond donors (Lipinski definition) is 0. The molecule has 166 valence electrons. The molecule has 3 rings (SSSR count). The second-order valence-electron chi connectivity index (χ2n) is 8.04. The number of carbonyl (C=O) groups is 1. The number of rotatable bonds is 6. The normalized spacial score (nSPS) is 18.6. The molecule has 1 aromatic rings. The van der Waals surface area contributed by atoms with Gasteiger partial charge in [0.25, 0.3) is 11.5 Å². The number of nitrogens with zero attached hydrogens (tertiary/aromatic N) is 4. The van der Waals surface area contributed by atoms with Crippen LogP contribution in [0.3, 0.4) is 0 Å². The molecule has 0 spiro atoms. The summed E-state index contributed by atoms with van der Waals surface area (Å²) in [5.41, 5.74) is 1.35. The molecule has 8 heteroatoms. The van der Waals surface area contributed by atoms with E-state index in [4.69, 9.17) is 12.2 Å². The van der Waals surface area contributed by atoms with E-state index in [-0.39, 0.29) is 17.0 Å². The van der Waals surface area contributed by atoms with E-state index in [1.54, 1.807) is 9.47 Å². The Labute approximate surface area is 193 Å². The van der Waals surface area contributed by atoms with Crippen molar-refractivity contribution in [2.45, 2.75) is 65.8 Å². The first kappa shape index (κ1) is 23.6. The fourth-order valence-corrected chi connectivity index (χ4v) is 5.54. The molecule has 3 heterocycles. The van der Waals surface area contributed by atoms with Crippen molar-refractivity contribution in [3.8, 4) is 6.07 Å². The van der Waals surface area contributed by atoms with Crippen LogP contribution in [0.2, 0.25) is 0 Å². The van der Waals surface area contributed by atoms with Crippen molar-refractivity contribution in [2.24, 2.45) is 0 Å². The highest BCUT2D eigenvalue weighted by Gasteiger charge is 2.32. The summed E-state index contributed by atoms with van der Waals surface area (Å²) in [6, 6.07) is 2.11. The van der Waals surface area contributed by atoms with Crippen molar-refractivity contribution < 1.29 is 4.79 Å². The average molecular weight is 459 g/mol. The van der Waals surface area contributed by atoms with Crippen molar-refractivity contribution in [3.05, 3.63) is 31.9 Å². The minimum absolute atomic E-state index is 0.0928. The Morgan fingerprint density at radius 1 is 1.10 bits per heavy atom. The number of hydrogen-bond acceptors (Lipinski definition) is 6. The first-order valence-electron chi connectivity index (χ1n) is 11.1. The Morgan fingerprint density at radius 2 is 1.74 bits per heavy atom. The summed E-state index contributed by atoms with van der Waals surface area (Å²) in [6.07, 6.45) is 7.96. The molecule has 0 radical (unpaired) electrons. The third kappa shape index (κ3) is 4.73. The van der Waals surface area contributed by atoms with Crippen LogP contribution in [0.5, 0.6) is 0 Å². The minimum atomic E-state index is -0.239. The Kier molecular flexibility index (Phi) is 7.95. The Bertz CT molecular complexity index is 998. The quantitative estimate of drug-likeness (QED) is 0.464. The molecule has 0 saturated carbocycles. The number of thiocarbonyl (C=S) groups is 1. The monoisotopic (exact) mass is 458 g/mol. The average Bonchev–Trinajstić information content (AvgIpc) is 2.94. The van der Waals surface area contributed by atoms with E-state index in [0.29, 0.717) is 27.9 Å². The lowest BCUT2D eigenvalue weighted by Crippen LogP contribution is -2.35. The maximum Gasteiger partial charge on any atom is 0.270 e. The lowest BCUT2D eigenvalue weighted by molar-refractivity contribution is -0.122. The van der Waals surface area contributed by atoms with E-state index < -0.39 is 0 Å². The topological polar surface area (TPSA) is 69.3 Å². The van der Waals surface area contributed by atoms with Gasteiger partial charge in [0.1, 0.15) is 21.8 Å². The molecule has 31 heavy (non-hydrogen) atoms. The molecule has 2 aliphatic heterocycles. The second kappa shape index (κ2) is 10.5. The van der Waals surface area contributed by atoms with Crippen LogP contribution in [0.4, 0.5) is 5.82 Å². The largest absolute Gasteiger partial charge is 0.357 e. The fourth-order valence-electron chi connectivity index (χ4n) is 4.25. The molecule has 6 nitrogen and oxygen atoms in total. The summed E-state index contributed by atoms with van der Waals surface area (Å²) in [6.45, 7) is 8.73. The van der Waals surface area contributed by atoms with Crippen molar-refractivity contribution in [2.75, 3.05) is 24.5 Å². The van der Waals surface area contributed by atoms with Crippen LogP contribution >= 0.6 is 24.0 Å². The summed E-state index contributed by atoms with van der Waals surface area (Å²) >= 11 is 6.73. The van der Waals surface area contributed by atoms with E-state index in [1.165, 1.54) is 24.6 Å². The number of pyridine rings is 1. The van der Waals surface area contributed by atoms with Crippen LogP contribution < -0.4 is 10.5 Å². The predicted octanol–water partition coefficient (Wildman–Crippen LogP) is 4.43. The number of carbonyl (C=O) groups excluding carboxylic acids is 1. The van der Waals surface area contributed by atoms with Crippen LogP contribution in [0, 0.1) is 18.3 Å². The lowest BCUT2D eigenvalue weighted by atomic mass is 10.0. The number of aromatic nitrogens is 1. The molecule has 0 atom stereocenters. The summed E-state index contributed by atoms with van der Waals surface area (Å²) in [5.74, 6) is 0.746. The van der Waals surface area contributed by atoms with Gasteiger partial charge in [0, 0.05) is 31.7 Å². The highest BCUT2D eigenvalue weighted by Crippen LogP contribution is 2.36. The van der Waals surface area contributed by atoms with Crippen LogP contribution in [-0.4, -0.2) is 39.3 Å². The minimum Gasteiger partial charge on any atom is -0.357 e. The van der Waals surface area contributed by atoms with Crippen LogP contribution in [0.15, 0.2) is 9.70 Å². The van der Waals surface area contributed by atoms with E-state index in [2.05, 4.69) is 11.0 Å². The van der Waals surface area contributed by atoms with Crippen molar-refractivity contribution in [1.29, 1.82) is 5.26 Å². The molecule has 0 aliphatic carbocycles. The molecular formula is C23H30N4O2S2. The maximum atomic E-state index is 13.2. The van der Waals surface area contributed by atoms with Crippen LogP contribution in [0.25, 0.3) is 6.08 Å². The predicted molar refractivity (Wildman–Crippen MR) is 131 cm³/mol. The summed E-state index contributed by atoms with van der Waals surface area (Å²) in [5, 5.41) is 9.73. The van der Waals surface area contributed by atoms with Gasteiger partial charge in [-0.05, 0) is 44.2 Å². The van der Waals surface area contributed by atoms with Crippen molar-refractivity contribution >= 4 is 46.1 Å². The van der Waals surface area contributed by atoms with Gasteiger partial charge in [-0.15, -0.1) is 0 Å². The first-order chi connectivity index (χ1) is 14.9. The lowest BCUT2D eigenvalue weighted by Gasteiger charge is -2.29. The third-order valence-corrected chi connectivity index (χ3v) is 7.17. The molecule has 2 saturated heterocycles. The van der Waals surface area contributed by atoms with Crippen molar-refractivity contribution in [1.82, 2.24) is 9.47 Å². The van der Waals surface area contributed by atoms with Gasteiger partial charge in [-0.25, -0.2) is 0 Å². The molecule has 0 aromatic carbocycles. The van der Waals surface area contributed by atoms with Crippen LogP contribution in [0.1, 0.15) is 69.1 Å². The van der Waals surface area contributed by atoms with E-state index >= 15 is 0 Å². The zero-order chi connectivity index (χ0) is 22.5. The van der Waals surface area contributed by atoms with Crippen molar-refractivity contribution in [3.63, 3.8) is 0 Å². The molecule has 1 amide bonds. The van der Waals surface area contributed by atoms with E-state index in [9.17, 15) is 14.9 Å². The SMILES string of the molecule is CCCN1C(=O)C(=Cc2c(C)c(C#N)c(=O)n(CCC)c2N2CCCCCC2)SC1=S. The molecule has 0 bridgehead atoms. The molecule has 2 fully saturated rings. The zero-order valence-electron chi connectivity index (χ0n) is 18.6. The highest BCUT2D eigenvalue weighted by molar-refractivity contribution is 8.26. The third-order valence-electron chi connectivity index (χ3n) is 5.80. The van der Waals surface area contributed by atoms with Gasteiger partial charge in [-0.2, -0.15) is 5.26 Å². The molecule has 0 N–H and O–H groups in total. The van der Waals surface area contributed by atoms with Gasteiger partial charge < -0.3 is 4.90 Å². The van der Waals surface area contributed by atoms with Gasteiger partial charge in [-0.1, -0.05) is 50.7 Å². The molecule has 1 aromatic heterocycles. The molecular weight excluding hydrogens is 428 g/mol. The number of anilines is 1. The zero-order valence-corrected chi connectivity index (χ0v) is 20.2. The van der Waals surface area contributed by atoms with E-state index in [0.717, 1.165) is 50.2 Å². The molecule has 2 aliphatic rings. The number of amides is 1. The smallest absolute Gasteiger partial charge is 0.270 e. The second-order valence-corrected chi connectivity index (χ2v) is 9.72. The summed E-state index contributed by atoms with van der Waals surface area (Å²) < 4.78 is 2.31. The summed E-state index contributed by atoms with van der Waals surface area (Å²) in [7, 11) is 0. The van der Waals surface area contributed by atoms with E-state index in [1.807, 2.05) is 26.8 Å². The maximum absolute atomic E-state index is 13.2. The Balaban J connectivity index is 2.24. The first-order valence-corrected chi connectivity index (χ1v) is 12.3. The van der Waals surface area contributed by atoms with Gasteiger partial charge in [0.05, 0.1) is 4.91 Å². The van der Waals surface area contributed by atoms with Gasteiger partial charge >= 0.3 is 0 Å². The van der Waals surface area contributed by atoms with Gasteiger partial charge in [0.15, 0.2) is 0 Å². The number of thioether (sulfide) groups is 1. The summed E-state index contributed by atoms with van der Waals surface area (Å²) in [4.78, 5) is 30.7. The highest BCUT2D eigenvalue weighted by atomic mass is 32.2. The van der Waals surface area contributed by atoms with Crippen LogP contribution in [-0.2, 0) is 11.3 Å². The van der Waals surface area contributed by atoms with Gasteiger partial charge in [0.2, 0.25) is 0 Å². The molecule has 0 unspecified atom stereocenters. The number of nitriles is 1. The Morgan fingerprint density at radius 3 is 2.32 bits per heavy atom. The fraction of sp³-hybridized carbons (Fsp3) is 0.565.